The lowest BCUT2D eigenvalue weighted by Crippen LogP contribution is -2.52. The number of aromatic amines is 1. The highest BCUT2D eigenvalue weighted by molar-refractivity contribution is 6.33. The van der Waals surface area contributed by atoms with Crippen LogP contribution >= 0.6 is 11.6 Å². The molecule has 0 bridgehead atoms. The second kappa shape index (κ2) is 8.99. The number of nitrogens with zero attached hydrogens (tertiary/aromatic N) is 4. The van der Waals surface area contributed by atoms with Crippen molar-refractivity contribution >= 4 is 34.2 Å². The molecule has 174 valence electrons. The number of halogens is 1. The van der Waals surface area contributed by atoms with Crippen LogP contribution in [0.3, 0.4) is 0 Å². The summed E-state index contributed by atoms with van der Waals surface area (Å²) in [6, 6.07) is 12.8. The third-order valence-electron chi connectivity index (χ3n) is 7.10. The number of piperazine rings is 1. The number of nitrogens with one attached hydrogen (secondary N) is 1. The van der Waals surface area contributed by atoms with E-state index >= 15 is 0 Å². The van der Waals surface area contributed by atoms with Crippen molar-refractivity contribution in [3.05, 3.63) is 47.0 Å². The smallest absolute Gasteiger partial charge is 0.227 e. The maximum absolute atomic E-state index is 13.2. The monoisotopic (exact) mass is 465 g/mol. The molecular formula is C26H32ClN5O. The van der Waals surface area contributed by atoms with Gasteiger partial charge in [0.15, 0.2) is 0 Å². The second-order valence-corrected chi connectivity index (χ2v) is 10.1. The molecule has 3 aromatic rings. The number of amides is 1. The van der Waals surface area contributed by atoms with E-state index < -0.39 is 0 Å². The molecule has 3 heterocycles. The van der Waals surface area contributed by atoms with Gasteiger partial charge in [0.1, 0.15) is 5.82 Å². The predicted molar refractivity (Wildman–Crippen MR) is 135 cm³/mol. The van der Waals surface area contributed by atoms with Gasteiger partial charge in [0, 0.05) is 56.6 Å². The number of aryl methyl sites for hydroxylation is 1. The fraction of sp³-hybridized carbons (Fsp3) is 0.462. The zero-order valence-corrected chi connectivity index (χ0v) is 20.4. The summed E-state index contributed by atoms with van der Waals surface area (Å²) in [5.74, 6) is 1.14. The minimum absolute atomic E-state index is 0.0592. The van der Waals surface area contributed by atoms with E-state index in [-0.39, 0.29) is 5.92 Å². The van der Waals surface area contributed by atoms with Crippen LogP contribution in [-0.4, -0.2) is 71.0 Å². The Hall–Kier alpha value is -2.57. The first kappa shape index (κ1) is 22.2. The molecule has 6 nitrogen and oxygen atoms in total. The fourth-order valence-corrected chi connectivity index (χ4v) is 5.26. The number of hydrogen-bond donors (Lipinski definition) is 1. The van der Waals surface area contributed by atoms with Crippen molar-refractivity contribution in [3.8, 4) is 11.4 Å². The molecule has 0 aliphatic carbocycles. The van der Waals surface area contributed by atoms with Crippen LogP contribution in [0.15, 0.2) is 36.4 Å². The molecule has 0 spiro atoms. The van der Waals surface area contributed by atoms with Gasteiger partial charge in [-0.05, 0) is 63.1 Å². The minimum atomic E-state index is 0.0592. The van der Waals surface area contributed by atoms with E-state index in [0.717, 1.165) is 73.8 Å². The van der Waals surface area contributed by atoms with Crippen molar-refractivity contribution in [2.24, 2.45) is 5.92 Å². The average Bonchev–Trinajstić information content (AvgIpc) is 3.46. The molecule has 2 aliphatic heterocycles. The van der Waals surface area contributed by atoms with Crippen LogP contribution in [-0.2, 0) is 4.79 Å². The van der Waals surface area contributed by atoms with E-state index in [2.05, 4.69) is 64.7 Å². The molecule has 2 aliphatic rings. The molecule has 1 N–H and O–H groups in total. The number of imidazole rings is 1. The molecule has 1 unspecified atom stereocenters. The van der Waals surface area contributed by atoms with Crippen LogP contribution in [0.25, 0.3) is 22.4 Å². The lowest BCUT2D eigenvalue weighted by Gasteiger charge is -2.37. The van der Waals surface area contributed by atoms with Crippen molar-refractivity contribution in [3.63, 3.8) is 0 Å². The molecule has 1 aromatic heterocycles. The molecule has 5 rings (SSSR count). The number of rotatable bonds is 4. The Morgan fingerprint density at radius 2 is 1.88 bits per heavy atom. The summed E-state index contributed by atoms with van der Waals surface area (Å²) in [4.78, 5) is 28.2. The summed E-state index contributed by atoms with van der Waals surface area (Å²) in [7, 11) is 0. The normalized spacial score (nSPS) is 19.7. The molecule has 7 heteroatoms. The summed E-state index contributed by atoms with van der Waals surface area (Å²) >= 11 is 6.57. The molecule has 1 atom stereocenters. The van der Waals surface area contributed by atoms with Crippen LogP contribution in [0, 0.1) is 12.8 Å². The number of benzene rings is 2. The maximum Gasteiger partial charge on any atom is 0.227 e. The van der Waals surface area contributed by atoms with Crippen molar-refractivity contribution in [2.45, 2.75) is 33.2 Å². The molecule has 2 fully saturated rings. The number of fused-ring (bicyclic) bond motifs is 1. The first-order valence-corrected chi connectivity index (χ1v) is 12.3. The van der Waals surface area contributed by atoms with Gasteiger partial charge >= 0.3 is 0 Å². The number of carbonyl (C=O) groups is 1. The predicted octanol–water partition coefficient (Wildman–Crippen LogP) is 4.57. The van der Waals surface area contributed by atoms with Crippen LogP contribution in [0.1, 0.15) is 25.8 Å². The summed E-state index contributed by atoms with van der Waals surface area (Å²) in [5, 5.41) is 0.671. The van der Waals surface area contributed by atoms with Gasteiger partial charge in [-0.1, -0.05) is 17.7 Å². The largest absolute Gasteiger partial charge is 0.371 e. The standard InChI is InChI=1S/C26H32ClN5O/c1-17(2)30-10-12-31(13-11-30)26(33)19-8-9-32(16-19)20-5-6-22(27)21(15-20)25-28-23-7-4-18(3)14-24(23)29-25/h4-7,14-15,17,19H,8-13,16H2,1-3H3,(H,28,29). The van der Waals surface area contributed by atoms with Crippen molar-refractivity contribution in [1.29, 1.82) is 0 Å². The highest BCUT2D eigenvalue weighted by atomic mass is 35.5. The molecule has 33 heavy (non-hydrogen) atoms. The van der Waals surface area contributed by atoms with Crippen molar-refractivity contribution in [2.75, 3.05) is 44.2 Å². The van der Waals surface area contributed by atoms with Crippen molar-refractivity contribution in [1.82, 2.24) is 19.8 Å². The molecule has 2 saturated heterocycles. The number of hydrogen-bond acceptors (Lipinski definition) is 4. The van der Waals surface area contributed by atoms with E-state index in [1.165, 1.54) is 5.56 Å². The maximum atomic E-state index is 13.2. The number of carbonyl (C=O) groups excluding carboxylic acids is 1. The summed E-state index contributed by atoms with van der Waals surface area (Å²) < 4.78 is 0. The molecule has 1 amide bonds. The fourth-order valence-electron chi connectivity index (χ4n) is 5.05. The lowest BCUT2D eigenvalue weighted by molar-refractivity contribution is -0.136. The molecule has 2 aromatic carbocycles. The van der Waals surface area contributed by atoms with Gasteiger partial charge < -0.3 is 14.8 Å². The second-order valence-electron chi connectivity index (χ2n) is 9.66. The molecular weight excluding hydrogens is 434 g/mol. The van der Waals surface area contributed by atoms with E-state index in [1.807, 2.05) is 12.1 Å². The van der Waals surface area contributed by atoms with Gasteiger partial charge in [0.2, 0.25) is 5.91 Å². The van der Waals surface area contributed by atoms with Gasteiger partial charge in [0.05, 0.1) is 22.0 Å². The van der Waals surface area contributed by atoms with Gasteiger partial charge in [-0.15, -0.1) is 0 Å². The SMILES string of the molecule is Cc1ccc2[nH]c(-c3cc(N4CCC(C(=O)N5CCN(C(C)C)CC5)C4)ccc3Cl)nc2c1. The zero-order valence-electron chi connectivity index (χ0n) is 19.6. The first-order chi connectivity index (χ1) is 15.9. The van der Waals surface area contributed by atoms with E-state index in [9.17, 15) is 4.79 Å². The Balaban J connectivity index is 1.30. The van der Waals surface area contributed by atoms with E-state index in [4.69, 9.17) is 16.6 Å². The summed E-state index contributed by atoms with van der Waals surface area (Å²) in [5.41, 5.74) is 5.10. The number of aromatic nitrogens is 2. The van der Waals surface area contributed by atoms with Crippen LogP contribution in [0.4, 0.5) is 5.69 Å². The Morgan fingerprint density at radius 1 is 1.09 bits per heavy atom. The van der Waals surface area contributed by atoms with Crippen LogP contribution < -0.4 is 4.90 Å². The highest BCUT2D eigenvalue weighted by Crippen LogP contribution is 2.34. The quantitative estimate of drug-likeness (QED) is 0.613. The molecule has 0 radical (unpaired) electrons. The zero-order chi connectivity index (χ0) is 23.1. The van der Waals surface area contributed by atoms with Gasteiger partial charge in [-0.3, -0.25) is 9.69 Å². The Bertz CT molecular complexity index is 1160. The van der Waals surface area contributed by atoms with Gasteiger partial charge in [-0.2, -0.15) is 0 Å². The Kier molecular flexibility index (Phi) is 6.06. The lowest BCUT2D eigenvalue weighted by atomic mass is 10.1. The summed E-state index contributed by atoms with van der Waals surface area (Å²) in [6.45, 7) is 11.8. The third-order valence-corrected chi connectivity index (χ3v) is 7.43. The number of anilines is 1. The van der Waals surface area contributed by atoms with Crippen LogP contribution in [0.2, 0.25) is 5.02 Å². The van der Waals surface area contributed by atoms with Crippen LogP contribution in [0.5, 0.6) is 0 Å². The highest BCUT2D eigenvalue weighted by Gasteiger charge is 2.33. The average molecular weight is 466 g/mol. The Morgan fingerprint density at radius 3 is 2.64 bits per heavy atom. The summed E-state index contributed by atoms with van der Waals surface area (Å²) in [6.07, 6.45) is 0.894. The third kappa shape index (κ3) is 4.46. The van der Waals surface area contributed by atoms with E-state index in [1.54, 1.807) is 0 Å². The van der Waals surface area contributed by atoms with E-state index in [0.29, 0.717) is 17.0 Å². The van der Waals surface area contributed by atoms with Gasteiger partial charge in [-0.25, -0.2) is 4.98 Å². The molecule has 0 saturated carbocycles. The number of H-pyrrole nitrogens is 1. The minimum Gasteiger partial charge on any atom is -0.371 e. The van der Waals surface area contributed by atoms with Crippen molar-refractivity contribution < 1.29 is 4.79 Å². The Labute approximate surface area is 200 Å². The first-order valence-electron chi connectivity index (χ1n) is 11.9. The van der Waals surface area contributed by atoms with Gasteiger partial charge in [0.25, 0.3) is 0 Å². The topological polar surface area (TPSA) is 55.5 Å².